The Morgan fingerprint density at radius 1 is 1.00 bits per heavy atom. The Morgan fingerprint density at radius 2 is 1.73 bits per heavy atom. The van der Waals surface area contributed by atoms with E-state index in [1.165, 1.54) is 12.8 Å². The molecular formula is C23H28NaO4PS. The SMILES string of the molecule is CCCCCCCCP(=O)([O-])OC1=Cc2ccccc2Sc2c(OC)cccc21.[Na+]. The summed E-state index contributed by atoms with van der Waals surface area (Å²) in [7, 11) is -2.38. The molecule has 1 unspecified atom stereocenters. The summed E-state index contributed by atoms with van der Waals surface area (Å²) in [5.41, 5.74) is 1.68. The third-order valence-corrected chi connectivity index (χ3v) is 7.46. The predicted octanol–water partition coefficient (Wildman–Crippen LogP) is 3.59. The van der Waals surface area contributed by atoms with Crippen LogP contribution in [0.4, 0.5) is 0 Å². The molecule has 0 aromatic heterocycles. The van der Waals surface area contributed by atoms with E-state index in [9.17, 15) is 9.46 Å². The third-order valence-electron chi connectivity index (χ3n) is 4.90. The molecule has 0 bridgehead atoms. The number of methoxy groups -OCH3 is 1. The zero-order chi connectivity index (χ0) is 20.7. The Labute approximate surface area is 206 Å². The Balaban J connectivity index is 0.00000320. The van der Waals surface area contributed by atoms with Gasteiger partial charge in [-0.2, -0.15) is 0 Å². The average molecular weight is 455 g/mol. The molecule has 2 aromatic rings. The number of hydrogen-bond acceptors (Lipinski definition) is 5. The molecule has 0 saturated heterocycles. The predicted molar refractivity (Wildman–Crippen MR) is 118 cm³/mol. The average Bonchev–Trinajstić information content (AvgIpc) is 2.86. The molecule has 2 aromatic carbocycles. The minimum absolute atomic E-state index is 0. The van der Waals surface area contributed by atoms with E-state index in [4.69, 9.17) is 9.26 Å². The fraction of sp³-hybridized carbons (Fsp3) is 0.391. The van der Waals surface area contributed by atoms with Crippen LogP contribution in [0.1, 0.15) is 56.6 Å². The van der Waals surface area contributed by atoms with Gasteiger partial charge in [-0.25, -0.2) is 0 Å². The molecule has 0 aliphatic carbocycles. The first-order valence-corrected chi connectivity index (χ1v) is 12.7. The molecule has 30 heavy (non-hydrogen) atoms. The van der Waals surface area contributed by atoms with E-state index in [1.807, 2.05) is 48.5 Å². The van der Waals surface area contributed by atoms with Gasteiger partial charge in [0.1, 0.15) is 11.5 Å². The van der Waals surface area contributed by atoms with Gasteiger partial charge in [0.05, 0.1) is 12.0 Å². The molecular weight excluding hydrogens is 426 g/mol. The van der Waals surface area contributed by atoms with Crippen molar-refractivity contribution < 1.29 is 48.3 Å². The van der Waals surface area contributed by atoms with Gasteiger partial charge in [0.25, 0.3) is 0 Å². The summed E-state index contributed by atoms with van der Waals surface area (Å²) in [4.78, 5) is 14.6. The molecule has 1 aliphatic heterocycles. The fourth-order valence-corrected chi connectivity index (χ4v) is 5.65. The van der Waals surface area contributed by atoms with E-state index in [-0.39, 0.29) is 35.7 Å². The van der Waals surface area contributed by atoms with Gasteiger partial charge >= 0.3 is 29.6 Å². The molecule has 1 atom stereocenters. The number of benzene rings is 2. The van der Waals surface area contributed by atoms with E-state index in [1.54, 1.807) is 18.9 Å². The van der Waals surface area contributed by atoms with Crippen LogP contribution in [0, 0.1) is 0 Å². The van der Waals surface area contributed by atoms with E-state index >= 15 is 0 Å². The monoisotopic (exact) mass is 454 g/mol. The molecule has 1 heterocycles. The summed E-state index contributed by atoms with van der Waals surface area (Å²) in [5.74, 6) is 1.07. The minimum Gasteiger partial charge on any atom is -0.769 e. The van der Waals surface area contributed by atoms with Gasteiger partial charge in [0, 0.05) is 16.6 Å². The molecule has 0 amide bonds. The van der Waals surface area contributed by atoms with Crippen molar-refractivity contribution in [1.29, 1.82) is 0 Å². The van der Waals surface area contributed by atoms with Crippen molar-refractivity contribution in [2.24, 2.45) is 0 Å². The van der Waals surface area contributed by atoms with Crippen LogP contribution in [-0.2, 0) is 9.09 Å². The standard InChI is InChI=1S/C23H29O4PS.Na/c1-3-4-5-6-7-10-16-28(24,25)27-21-17-18-12-8-9-15-22(18)29-23-19(21)13-11-14-20(23)26-2;/h8-9,11-15,17H,3-7,10,16H2,1-2H3,(H,24,25);/q;+1/p-1. The van der Waals surface area contributed by atoms with Gasteiger partial charge in [-0.15, -0.1) is 0 Å². The van der Waals surface area contributed by atoms with Crippen molar-refractivity contribution in [1.82, 2.24) is 0 Å². The largest absolute Gasteiger partial charge is 1.00 e. The number of unbranched alkanes of at least 4 members (excludes halogenated alkanes) is 5. The molecule has 0 saturated carbocycles. The first-order chi connectivity index (χ1) is 14.0. The molecule has 156 valence electrons. The van der Waals surface area contributed by atoms with Crippen LogP contribution in [0.25, 0.3) is 11.8 Å². The van der Waals surface area contributed by atoms with Crippen molar-refractivity contribution in [2.75, 3.05) is 13.3 Å². The van der Waals surface area contributed by atoms with Gasteiger partial charge in [0.2, 0.25) is 0 Å². The summed E-state index contributed by atoms with van der Waals surface area (Å²) >= 11 is 1.56. The maximum atomic E-state index is 12.7. The van der Waals surface area contributed by atoms with Gasteiger partial charge in [-0.3, -0.25) is 4.57 Å². The molecule has 4 nitrogen and oxygen atoms in total. The first-order valence-electron chi connectivity index (χ1n) is 10.2. The van der Waals surface area contributed by atoms with E-state index in [0.717, 1.165) is 40.2 Å². The van der Waals surface area contributed by atoms with Gasteiger partial charge in [-0.05, 0) is 36.3 Å². The molecule has 1 aliphatic rings. The molecule has 0 N–H and O–H groups in total. The number of fused-ring (bicyclic) bond motifs is 2. The van der Waals surface area contributed by atoms with Gasteiger partial charge in [-0.1, -0.05) is 75.1 Å². The topological polar surface area (TPSA) is 58.6 Å². The summed E-state index contributed by atoms with van der Waals surface area (Å²) < 4.78 is 23.9. The number of rotatable bonds is 10. The second-order valence-corrected chi connectivity index (χ2v) is 10.1. The summed E-state index contributed by atoms with van der Waals surface area (Å²) in [6.07, 6.45) is 8.04. The second kappa shape index (κ2) is 12.4. The first kappa shape index (κ1) is 25.6. The molecule has 0 radical (unpaired) electrons. The zero-order valence-electron chi connectivity index (χ0n) is 18.1. The van der Waals surface area contributed by atoms with Crippen LogP contribution >= 0.6 is 19.4 Å². The van der Waals surface area contributed by atoms with E-state index < -0.39 is 7.60 Å². The van der Waals surface area contributed by atoms with Crippen molar-refractivity contribution in [3.8, 4) is 5.75 Å². The van der Waals surface area contributed by atoms with Crippen molar-refractivity contribution in [3.63, 3.8) is 0 Å². The minimum atomic E-state index is -4.00. The van der Waals surface area contributed by atoms with Crippen molar-refractivity contribution >= 4 is 31.2 Å². The summed E-state index contributed by atoms with van der Waals surface area (Å²) in [6.45, 7) is 2.17. The smallest absolute Gasteiger partial charge is 0.769 e. The Hall–Kier alpha value is -0.680. The second-order valence-electron chi connectivity index (χ2n) is 7.18. The molecule has 0 spiro atoms. The number of ether oxygens (including phenoxy) is 1. The van der Waals surface area contributed by atoms with Crippen LogP contribution in [0.15, 0.2) is 52.3 Å². The van der Waals surface area contributed by atoms with E-state index in [0.29, 0.717) is 17.9 Å². The van der Waals surface area contributed by atoms with Crippen LogP contribution in [-0.4, -0.2) is 13.3 Å². The van der Waals surface area contributed by atoms with Crippen LogP contribution < -0.4 is 39.2 Å². The maximum absolute atomic E-state index is 12.7. The van der Waals surface area contributed by atoms with E-state index in [2.05, 4.69) is 6.92 Å². The van der Waals surface area contributed by atoms with Crippen LogP contribution in [0.5, 0.6) is 5.75 Å². The summed E-state index contributed by atoms with van der Waals surface area (Å²) in [5, 5.41) is 0. The third kappa shape index (κ3) is 6.91. The quantitative estimate of drug-likeness (QED) is 0.312. The molecule has 3 rings (SSSR count). The fourth-order valence-electron chi connectivity index (χ4n) is 3.35. The molecule has 0 fully saturated rings. The Morgan fingerprint density at radius 3 is 2.50 bits per heavy atom. The van der Waals surface area contributed by atoms with Gasteiger partial charge < -0.3 is 14.2 Å². The Kier molecular flexibility index (Phi) is 10.6. The van der Waals surface area contributed by atoms with Crippen LogP contribution in [0.2, 0.25) is 0 Å². The Bertz CT molecular complexity index is 916. The van der Waals surface area contributed by atoms with Crippen LogP contribution in [0.3, 0.4) is 0 Å². The number of hydrogen-bond donors (Lipinski definition) is 0. The van der Waals surface area contributed by atoms with Crippen molar-refractivity contribution in [3.05, 3.63) is 53.6 Å². The van der Waals surface area contributed by atoms with Crippen molar-refractivity contribution in [2.45, 2.75) is 55.2 Å². The maximum Gasteiger partial charge on any atom is 1.00 e. The summed E-state index contributed by atoms with van der Waals surface area (Å²) in [6, 6.07) is 13.5. The zero-order valence-corrected chi connectivity index (χ0v) is 21.8. The normalized spacial score (nSPS) is 14.3. The molecule has 7 heteroatoms. The van der Waals surface area contributed by atoms with Gasteiger partial charge in [0.15, 0.2) is 7.60 Å².